The zero-order valence-electron chi connectivity index (χ0n) is 12.9. The molecule has 0 amide bonds. The van der Waals surface area contributed by atoms with Crippen molar-refractivity contribution in [3.63, 3.8) is 0 Å². The fraction of sp³-hybridized carbons (Fsp3) is 0.474. The van der Waals surface area contributed by atoms with Crippen LogP contribution < -0.4 is 4.74 Å². The third-order valence-electron chi connectivity index (χ3n) is 4.88. The smallest absolute Gasteiger partial charge is 0.126 e. The van der Waals surface area contributed by atoms with Crippen molar-refractivity contribution in [2.45, 2.75) is 38.7 Å². The Morgan fingerprint density at radius 1 is 1.10 bits per heavy atom. The van der Waals surface area contributed by atoms with Gasteiger partial charge in [0.2, 0.25) is 0 Å². The maximum absolute atomic E-state index is 10.9. The van der Waals surface area contributed by atoms with E-state index in [1.165, 1.54) is 12.8 Å². The van der Waals surface area contributed by atoms with Crippen molar-refractivity contribution in [3.05, 3.63) is 42.0 Å². The van der Waals surface area contributed by atoms with Crippen LogP contribution in [0, 0.1) is 11.8 Å². The Morgan fingerprint density at radius 3 is 2.57 bits per heavy atom. The van der Waals surface area contributed by atoms with Crippen molar-refractivity contribution < 1.29 is 9.84 Å². The molecule has 3 unspecified atom stereocenters. The third-order valence-corrected chi connectivity index (χ3v) is 4.88. The molecule has 0 spiro atoms. The van der Waals surface area contributed by atoms with Crippen LogP contribution in [0.5, 0.6) is 5.75 Å². The molecule has 1 saturated carbocycles. The fourth-order valence-corrected chi connectivity index (χ4v) is 3.75. The third kappa shape index (κ3) is 2.77. The summed E-state index contributed by atoms with van der Waals surface area (Å²) in [5.41, 5.74) is 1.05. The van der Waals surface area contributed by atoms with Crippen LogP contribution in [-0.2, 0) is 0 Å². The van der Waals surface area contributed by atoms with Gasteiger partial charge in [0.1, 0.15) is 5.75 Å². The number of aliphatic hydroxyl groups excluding tert-OH is 1. The van der Waals surface area contributed by atoms with E-state index < -0.39 is 0 Å². The number of aliphatic hydroxyl groups is 1. The first-order valence-electron chi connectivity index (χ1n) is 7.94. The van der Waals surface area contributed by atoms with E-state index in [1.807, 2.05) is 24.3 Å². The number of hydrogen-bond acceptors (Lipinski definition) is 2. The normalized spacial score (nSPS) is 24.0. The molecule has 2 aromatic carbocycles. The molecule has 2 nitrogen and oxygen atoms in total. The van der Waals surface area contributed by atoms with Gasteiger partial charge in [-0.1, -0.05) is 50.1 Å². The molecule has 0 bridgehead atoms. The maximum atomic E-state index is 10.9. The summed E-state index contributed by atoms with van der Waals surface area (Å²) in [6.45, 7) is 2.30. The highest BCUT2D eigenvalue weighted by molar-refractivity contribution is 5.91. The van der Waals surface area contributed by atoms with Crippen molar-refractivity contribution in [1.82, 2.24) is 0 Å². The first kappa shape index (κ1) is 14.4. The lowest BCUT2D eigenvalue weighted by atomic mass is 9.77. The Bertz CT molecular complexity index is 620. The van der Waals surface area contributed by atoms with Gasteiger partial charge in [0.15, 0.2) is 0 Å². The molecule has 2 aromatic rings. The summed E-state index contributed by atoms with van der Waals surface area (Å²) in [7, 11) is 1.70. The molecule has 1 fully saturated rings. The number of methoxy groups -OCH3 is 1. The number of fused-ring (bicyclic) bond motifs is 1. The molecule has 1 N–H and O–H groups in total. The van der Waals surface area contributed by atoms with Crippen LogP contribution in [0.3, 0.4) is 0 Å². The first-order chi connectivity index (χ1) is 10.2. The van der Waals surface area contributed by atoms with Gasteiger partial charge in [-0.3, -0.25) is 0 Å². The maximum Gasteiger partial charge on any atom is 0.126 e. The molecule has 0 radical (unpaired) electrons. The summed E-state index contributed by atoms with van der Waals surface area (Å²) in [4.78, 5) is 0. The van der Waals surface area contributed by atoms with Crippen LogP contribution in [0.15, 0.2) is 36.4 Å². The molecule has 3 rings (SSSR count). The van der Waals surface area contributed by atoms with E-state index in [4.69, 9.17) is 4.74 Å². The van der Waals surface area contributed by atoms with Crippen LogP contribution in [0.1, 0.15) is 44.3 Å². The minimum absolute atomic E-state index is 0.372. The van der Waals surface area contributed by atoms with Gasteiger partial charge >= 0.3 is 0 Å². The van der Waals surface area contributed by atoms with Crippen molar-refractivity contribution in [2.24, 2.45) is 11.8 Å². The summed E-state index contributed by atoms with van der Waals surface area (Å²) < 4.78 is 5.44. The monoisotopic (exact) mass is 284 g/mol. The van der Waals surface area contributed by atoms with E-state index in [-0.39, 0.29) is 6.10 Å². The zero-order valence-corrected chi connectivity index (χ0v) is 12.9. The van der Waals surface area contributed by atoms with Crippen molar-refractivity contribution >= 4 is 10.8 Å². The number of rotatable bonds is 3. The molecule has 112 valence electrons. The largest absolute Gasteiger partial charge is 0.496 e. The Hall–Kier alpha value is -1.54. The van der Waals surface area contributed by atoms with E-state index in [9.17, 15) is 5.11 Å². The predicted molar refractivity (Wildman–Crippen MR) is 86.6 cm³/mol. The van der Waals surface area contributed by atoms with Crippen LogP contribution in [-0.4, -0.2) is 12.2 Å². The summed E-state index contributed by atoms with van der Waals surface area (Å²) in [5, 5.41) is 13.1. The molecule has 0 saturated heterocycles. The average molecular weight is 284 g/mol. The van der Waals surface area contributed by atoms with Crippen molar-refractivity contribution in [2.75, 3.05) is 7.11 Å². The van der Waals surface area contributed by atoms with Crippen molar-refractivity contribution in [1.29, 1.82) is 0 Å². The number of ether oxygens (including phenoxy) is 1. The molecule has 0 aliphatic heterocycles. The highest BCUT2D eigenvalue weighted by Gasteiger charge is 2.27. The number of benzene rings is 2. The van der Waals surface area contributed by atoms with E-state index in [0.29, 0.717) is 5.92 Å². The minimum atomic E-state index is -0.372. The topological polar surface area (TPSA) is 29.5 Å². The summed E-state index contributed by atoms with van der Waals surface area (Å²) in [5.74, 6) is 1.98. The lowest BCUT2D eigenvalue weighted by Gasteiger charge is -2.31. The molecule has 0 heterocycles. The van der Waals surface area contributed by atoms with Gasteiger partial charge in [-0.25, -0.2) is 0 Å². The van der Waals surface area contributed by atoms with E-state index >= 15 is 0 Å². The lowest BCUT2D eigenvalue weighted by Crippen LogP contribution is -2.20. The highest BCUT2D eigenvalue weighted by atomic mass is 16.5. The molecular formula is C19H24O2. The Kier molecular flexibility index (Phi) is 4.16. The zero-order chi connectivity index (χ0) is 14.8. The second-order valence-electron chi connectivity index (χ2n) is 6.38. The van der Waals surface area contributed by atoms with E-state index in [2.05, 4.69) is 19.1 Å². The molecule has 2 heteroatoms. The van der Waals surface area contributed by atoms with Gasteiger partial charge < -0.3 is 9.84 Å². The summed E-state index contributed by atoms with van der Waals surface area (Å²) in [6.07, 6.45) is 4.42. The SMILES string of the molecule is COc1ccc(C(O)C2CCCC(C)C2)c2ccccc12. The molecular weight excluding hydrogens is 260 g/mol. The second kappa shape index (κ2) is 6.07. The Balaban J connectivity index is 2.00. The van der Waals surface area contributed by atoms with Crippen LogP contribution in [0.4, 0.5) is 0 Å². The molecule has 1 aliphatic carbocycles. The summed E-state index contributed by atoms with van der Waals surface area (Å²) in [6, 6.07) is 12.2. The van der Waals surface area contributed by atoms with E-state index in [1.54, 1.807) is 7.11 Å². The molecule has 21 heavy (non-hydrogen) atoms. The Morgan fingerprint density at radius 2 is 1.86 bits per heavy atom. The van der Waals surface area contributed by atoms with Gasteiger partial charge in [0.05, 0.1) is 13.2 Å². The van der Waals surface area contributed by atoms with E-state index in [0.717, 1.165) is 40.8 Å². The number of hydrogen-bond donors (Lipinski definition) is 1. The minimum Gasteiger partial charge on any atom is -0.496 e. The van der Waals surface area contributed by atoms with Crippen LogP contribution in [0.25, 0.3) is 10.8 Å². The van der Waals surface area contributed by atoms with Crippen molar-refractivity contribution in [3.8, 4) is 5.75 Å². The average Bonchev–Trinajstić information content (AvgIpc) is 2.53. The van der Waals surface area contributed by atoms with Gasteiger partial charge in [0, 0.05) is 5.39 Å². The van der Waals surface area contributed by atoms with Crippen LogP contribution >= 0.6 is 0 Å². The quantitative estimate of drug-likeness (QED) is 0.884. The highest BCUT2D eigenvalue weighted by Crippen LogP contribution is 2.40. The predicted octanol–water partition coefficient (Wildman–Crippen LogP) is 4.71. The molecule has 3 atom stereocenters. The lowest BCUT2D eigenvalue weighted by molar-refractivity contribution is 0.0725. The fourth-order valence-electron chi connectivity index (χ4n) is 3.75. The van der Waals surface area contributed by atoms with Gasteiger partial charge in [-0.2, -0.15) is 0 Å². The standard InChI is InChI=1S/C19H24O2/c1-13-6-5-7-14(12-13)19(20)17-10-11-18(21-2)16-9-4-3-8-15(16)17/h3-4,8-11,13-14,19-20H,5-7,12H2,1-2H3. The molecule has 1 aliphatic rings. The van der Waals surface area contributed by atoms with Gasteiger partial charge in [-0.05, 0) is 41.7 Å². The first-order valence-corrected chi connectivity index (χ1v) is 7.94. The second-order valence-corrected chi connectivity index (χ2v) is 6.38. The molecule has 0 aromatic heterocycles. The van der Waals surface area contributed by atoms with Gasteiger partial charge in [-0.15, -0.1) is 0 Å². The van der Waals surface area contributed by atoms with Crippen LogP contribution in [0.2, 0.25) is 0 Å². The summed E-state index contributed by atoms with van der Waals surface area (Å²) >= 11 is 0. The van der Waals surface area contributed by atoms with Gasteiger partial charge in [0.25, 0.3) is 0 Å². The Labute approximate surface area is 126 Å².